The van der Waals surface area contributed by atoms with E-state index in [2.05, 4.69) is 15.2 Å². The quantitative estimate of drug-likeness (QED) is 0.827. The summed E-state index contributed by atoms with van der Waals surface area (Å²) >= 11 is 5.90. The highest BCUT2D eigenvalue weighted by molar-refractivity contribution is 6.30. The molecule has 0 radical (unpaired) electrons. The molecule has 0 fully saturated rings. The highest BCUT2D eigenvalue weighted by atomic mass is 35.5. The van der Waals surface area contributed by atoms with E-state index in [-0.39, 0.29) is 0 Å². The lowest BCUT2D eigenvalue weighted by atomic mass is 10.2. The largest absolute Gasteiger partial charge is 0.352 e. The minimum Gasteiger partial charge on any atom is -0.352 e. The minimum absolute atomic E-state index is 0.768. The van der Waals surface area contributed by atoms with Gasteiger partial charge in [-0.3, -0.25) is 4.99 Å². The Morgan fingerprint density at radius 3 is 3.07 bits per heavy atom. The van der Waals surface area contributed by atoms with Crippen molar-refractivity contribution in [3.63, 3.8) is 0 Å². The summed E-state index contributed by atoms with van der Waals surface area (Å²) in [4.78, 5) is 6.47. The maximum absolute atomic E-state index is 5.90. The normalized spacial score (nSPS) is 15.3. The molecule has 0 unspecified atom stereocenters. The second kappa shape index (κ2) is 4.53. The van der Waals surface area contributed by atoms with Gasteiger partial charge in [0.15, 0.2) is 5.96 Å². The molecule has 0 saturated heterocycles. The van der Waals surface area contributed by atoms with Crippen molar-refractivity contribution in [2.75, 3.05) is 20.1 Å². The number of hydrogen-bond acceptors (Lipinski definition) is 3. The Hall–Kier alpha value is -1.22. The molecule has 1 aliphatic heterocycles. The lowest BCUT2D eigenvalue weighted by Gasteiger charge is -2.15. The minimum atomic E-state index is 0.768. The van der Waals surface area contributed by atoms with Gasteiger partial charge in [-0.05, 0) is 17.7 Å². The molecule has 4 heteroatoms. The zero-order valence-electron chi connectivity index (χ0n) is 8.70. The molecule has 0 aromatic heterocycles. The van der Waals surface area contributed by atoms with Crippen LogP contribution in [0.2, 0.25) is 5.02 Å². The Bertz CT molecular complexity index is 376. The third-order valence-electron chi connectivity index (χ3n) is 2.40. The number of nitrogens with one attached hydrogen (secondary N) is 1. The molecule has 0 bridgehead atoms. The van der Waals surface area contributed by atoms with Crippen LogP contribution in [0, 0.1) is 0 Å². The summed E-state index contributed by atoms with van der Waals surface area (Å²) in [5.41, 5.74) is 1.17. The average molecular weight is 224 g/mol. The van der Waals surface area contributed by atoms with Gasteiger partial charge in [0.25, 0.3) is 0 Å². The third-order valence-corrected chi connectivity index (χ3v) is 2.63. The Labute approximate surface area is 94.8 Å². The van der Waals surface area contributed by atoms with Crippen LogP contribution in [0.5, 0.6) is 0 Å². The van der Waals surface area contributed by atoms with E-state index in [4.69, 9.17) is 11.6 Å². The van der Waals surface area contributed by atoms with E-state index < -0.39 is 0 Å². The Morgan fingerprint density at radius 1 is 1.53 bits per heavy atom. The van der Waals surface area contributed by atoms with Crippen LogP contribution in [-0.2, 0) is 6.54 Å². The number of hydrogen-bond donors (Lipinski definition) is 1. The molecule has 0 atom stereocenters. The van der Waals surface area contributed by atoms with Crippen LogP contribution in [0.15, 0.2) is 29.3 Å². The molecule has 1 heterocycles. The lowest BCUT2D eigenvalue weighted by Crippen LogP contribution is -2.35. The smallest absolute Gasteiger partial charge is 0.194 e. The molecule has 0 aliphatic carbocycles. The molecule has 80 valence electrons. The van der Waals surface area contributed by atoms with Crippen molar-refractivity contribution in [1.82, 2.24) is 10.2 Å². The first kappa shape index (κ1) is 10.3. The third kappa shape index (κ3) is 2.63. The first-order valence-electron chi connectivity index (χ1n) is 4.99. The second-order valence-corrected chi connectivity index (χ2v) is 4.05. The van der Waals surface area contributed by atoms with Gasteiger partial charge in [0.2, 0.25) is 0 Å². The van der Waals surface area contributed by atoms with Crippen molar-refractivity contribution < 1.29 is 0 Å². The summed E-state index contributed by atoms with van der Waals surface area (Å²) in [6, 6.07) is 7.85. The number of halogens is 1. The zero-order valence-corrected chi connectivity index (χ0v) is 9.46. The van der Waals surface area contributed by atoms with E-state index in [1.807, 2.05) is 31.3 Å². The van der Waals surface area contributed by atoms with Crippen LogP contribution in [0.3, 0.4) is 0 Å². The molecule has 3 nitrogen and oxygen atoms in total. The molecule has 1 N–H and O–H groups in total. The molecule has 15 heavy (non-hydrogen) atoms. The van der Waals surface area contributed by atoms with E-state index in [0.717, 1.165) is 30.6 Å². The number of nitrogens with zero attached hydrogens (tertiary/aromatic N) is 2. The standard InChI is InChI=1S/C11H14ClN3/c1-15-6-5-13-11(15)14-8-9-3-2-4-10(12)7-9/h2-4,7H,5-6,8H2,1H3,(H,13,14). The summed E-state index contributed by atoms with van der Waals surface area (Å²) < 4.78 is 0. The fraction of sp³-hybridized carbons (Fsp3) is 0.364. The van der Waals surface area contributed by atoms with Gasteiger partial charge in [-0.1, -0.05) is 23.7 Å². The van der Waals surface area contributed by atoms with Crippen molar-refractivity contribution >= 4 is 17.6 Å². The summed E-state index contributed by atoms with van der Waals surface area (Å²) in [6.07, 6.45) is 0. The Kier molecular flexibility index (Phi) is 3.11. The van der Waals surface area contributed by atoms with Crippen LogP contribution < -0.4 is 5.32 Å². The number of benzene rings is 1. The SMILES string of the molecule is CN1CCN=C1NCc1cccc(Cl)c1. The van der Waals surface area contributed by atoms with Crippen molar-refractivity contribution in [2.24, 2.45) is 4.99 Å². The van der Waals surface area contributed by atoms with Crippen LogP contribution in [0.25, 0.3) is 0 Å². The summed E-state index contributed by atoms with van der Waals surface area (Å²) in [7, 11) is 2.04. The van der Waals surface area contributed by atoms with E-state index in [0.29, 0.717) is 0 Å². The van der Waals surface area contributed by atoms with Gasteiger partial charge in [-0.2, -0.15) is 0 Å². The van der Waals surface area contributed by atoms with Crippen LogP contribution in [-0.4, -0.2) is 31.0 Å². The van der Waals surface area contributed by atoms with Gasteiger partial charge < -0.3 is 10.2 Å². The van der Waals surface area contributed by atoms with Crippen molar-refractivity contribution in [3.8, 4) is 0 Å². The fourth-order valence-corrected chi connectivity index (χ4v) is 1.76. The maximum atomic E-state index is 5.90. The zero-order chi connectivity index (χ0) is 10.7. The van der Waals surface area contributed by atoms with Crippen LogP contribution in [0.1, 0.15) is 5.56 Å². The van der Waals surface area contributed by atoms with Gasteiger partial charge in [0, 0.05) is 25.2 Å². The van der Waals surface area contributed by atoms with Crippen molar-refractivity contribution in [1.29, 1.82) is 0 Å². The Balaban J connectivity index is 1.93. The molecule has 0 spiro atoms. The molecule has 0 saturated carbocycles. The number of guanidine groups is 1. The lowest BCUT2D eigenvalue weighted by molar-refractivity contribution is 0.534. The molecule has 0 amide bonds. The molecule has 1 aromatic rings. The average Bonchev–Trinajstić information content (AvgIpc) is 2.61. The predicted octanol–water partition coefficient (Wildman–Crippen LogP) is 1.73. The maximum Gasteiger partial charge on any atom is 0.194 e. The first-order chi connectivity index (χ1) is 7.25. The molecular formula is C11H14ClN3. The second-order valence-electron chi connectivity index (χ2n) is 3.61. The number of aliphatic imine (C=N–C) groups is 1. The van der Waals surface area contributed by atoms with Gasteiger partial charge >= 0.3 is 0 Å². The van der Waals surface area contributed by atoms with Gasteiger partial charge in [0.1, 0.15) is 0 Å². The number of rotatable bonds is 2. The number of likely N-dealkylation sites (N-methyl/N-ethyl adjacent to an activating group) is 1. The van der Waals surface area contributed by atoms with E-state index >= 15 is 0 Å². The van der Waals surface area contributed by atoms with Gasteiger partial charge in [-0.25, -0.2) is 0 Å². The predicted molar refractivity (Wildman–Crippen MR) is 63.2 cm³/mol. The highest BCUT2D eigenvalue weighted by Crippen LogP contribution is 2.10. The van der Waals surface area contributed by atoms with Crippen molar-refractivity contribution in [3.05, 3.63) is 34.9 Å². The monoisotopic (exact) mass is 223 g/mol. The molecular weight excluding hydrogens is 210 g/mol. The first-order valence-corrected chi connectivity index (χ1v) is 5.37. The van der Waals surface area contributed by atoms with E-state index in [9.17, 15) is 0 Å². The topological polar surface area (TPSA) is 27.6 Å². The highest BCUT2D eigenvalue weighted by Gasteiger charge is 2.10. The van der Waals surface area contributed by atoms with Gasteiger partial charge in [-0.15, -0.1) is 0 Å². The van der Waals surface area contributed by atoms with E-state index in [1.54, 1.807) is 0 Å². The van der Waals surface area contributed by atoms with E-state index in [1.165, 1.54) is 5.56 Å². The van der Waals surface area contributed by atoms with Crippen LogP contribution >= 0.6 is 11.6 Å². The Morgan fingerprint density at radius 2 is 2.40 bits per heavy atom. The summed E-state index contributed by atoms with van der Waals surface area (Å²) in [6.45, 7) is 2.65. The van der Waals surface area contributed by atoms with Gasteiger partial charge in [0.05, 0.1) is 6.54 Å². The van der Waals surface area contributed by atoms with Crippen molar-refractivity contribution in [2.45, 2.75) is 6.54 Å². The summed E-state index contributed by atoms with van der Waals surface area (Å²) in [5, 5.41) is 4.07. The summed E-state index contributed by atoms with van der Waals surface area (Å²) in [5.74, 6) is 0.968. The molecule has 1 aliphatic rings. The molecule has 2 rings (SSSR count). The van der Waals surface area contributed by atoms with Crippen LogP contribution in [0.4, 0.5) is 0 Å². The molecule has 1 aromatic carbocycles. The fourth-order valence-electron chi connectivity index (χ4n) is 1.55.